The van der Waals surface area contributed by atoms with E-state index < -0.39 is 0 Å². The zero-order chi connectivity index (χ0) is 15.2. The van der Waals surface area contributed by atoms with Crippen molar-refractivity contribution >= 4 is 24.0 Å². The number of nitrogens with one attached hydrogen (secondary N) is 1. The average Bonchev–Trinajstić information content (AvgIpc) is 3.38. The minimum atomic E-state index is 0. The number of benzene rings is 2. The van der Waals surface area contributed by atoms with Crippen molar-refractivity contribution in [1.82, 2.24) is 5.32 Å². The highest BCUT2D eigenvalue weighted by atomic mass is 35.5. The first-order valence-corrected chi connectivity index (χ1v) is 7.93. The lowest BCUT2D eigenvalue weighted by molar-refractivity contribution is -0.117. The molecule has 0 radical (unpaired) electrons. The normalized spacial score (nSPS) is 13.2. The molecular weight excluding hydrogens is 308 g/mol. The fraction of sp³-hybridized carbons (Fsp3) is 0.316. The zero-order valence-electron chi connectivity index (χ0n) is 13.2. The molecule has 0 bridgehead atoms. The van der Waals surface area contributed by atoms with Gasteiger partial charge in [0.2, 0.25) is 5.91 Å². The summed E-state index contributed by atoms with van der Waals surface area (Å²) in [6.45, 7) is 1.97. The van der Waals surface area contributed by atoms with E-state index in [2.05, 4.69) is 17.4 Å². The van der Waals surface area contributed by atoms with Crippen molar-refractivity contribution in [3.05, 3.63) is 66.2 Å². The van der Waals surface area contributed by atoms with E-state index in [0.29, 0.717) is 13.1 Å². The molecule has 0 aromatic heterocycles. The topological polar surface area (TPSA) is 32.3 Å². The van der Waals surface area contributed by atoms with Gasteiger partial charge in [-0.15, -0.1) is 12.4 Å². The summed E-state index contributed by atoms with van der Waals surface area (Å²) in [5.41, 5.74) is 2.09. The van der Waals surface area contributed by atoms with Gasteiger partial charge < -0.3 is 10.2 Å². The highest BCUT2D eigenvalue weighted by molar-refractivity contribution is 5.94. The van der Waals surface area contributed by atoms with Crippen LogP contribution < -0.4 is 10.2 Å². The summed E-state index contributed by atoms with van der Waals surface area (Å²) in [7, 11) is 0. The summed E-state index contributed by atoms with van der Waals surface area (Å²) < 4.78 is 0. The Kier molecular flexibility index (Phi) is 6.63. The molecule has 1 aliphatic carbocycles. The molecule has 4 heteroatoms. The smallest absolute Gasteiger partial charge is 0.241 e. The van der Waals surface area contributed by atoms with Crippen LogP contribution in [-0.2, 0) is 11.3 Å². The molecule has 3 rings (SSSR count). The fourth-order valence-electron chi connectivity index (χ4n) is 2.50. The summed E-state index contributed by atoms with van der Waals surface area (Å²) in [4.78, 5) is 14.5. The molecule has 122 valence electrons. The van der Waals surface area contributed by atoms with Gasteiger partial charge in [-0.3, -0.25) is 4.79 Å². The number of carbonyl (C=O) groups is 1. The zero-order valence-corrected chi connectivity index (χ0v) is 14.0. The Labute approximate surface area is 144 Å². The summed E-state index contributed by atoms with van der Waals surface area (Å²) >= 11 is 0. The molecule has 0 heterocycles. The van der Waals surface area contributed by atoms with Crippen molar-refractivity contribution < 1.29 is 4.79 Å². The van der Waals surface area contributed by atoms with Gasteiger partial charge in [-0.2, -0.15) is 0 Å². The third kappa shape index (κ3) is 5.38. The van der Waals surface area contributed by atoms with Gasteiger partial charge in [0.1, 0.15) is 0 Å². The first-order valence-electron chi connectivity index (χ1n) is 7.93. The number of halogens is 1. The minimum absolute atomic E-state index is 0. The quantitative estimate of drug-likeness (QED) is 0.840. The molecule has 0 spiro atoms. The van der Waals surface area contributed by atoms with Crippen LogP contribution in [0.15, 0.2) is 60.7 Å². The van der Waals surface area contributed by atoms with Crippen LogP contribution in [-0.4, -0.2) is 19.0 Å². The molecule has 3 nitrogen and oxygen atoms in total. The van der Waals surface area contributed by atoms with Gasteiger partial charge in [-0.1, -0.05) is 48.5 Å². The molecule has 0 atom stereocenters. The lowest BCUT2D eigenvalue weighted by Crippen LogP contribution is -2.38. The SMILES string of the molecule is Cl.O=C(CNCC1CC1)N(Cc1ccccc1)c1ccccc1. The van der Waals surface area contributed by atoms with Gasteiger partial charge in [-0.25, -0.2) is 0 Å². The van der Waals surface area contributed by atoms with Crippen LogP contribution in [0.4, 0.5) is 5.69 Å². The van der Waals surface area contributed by atoms with Crippen LogP contribution in [0.1, 0.15) is 18.4 Å². The Hall–Kier alpha value is -1.84. The summed E-state index contributed by atoms with van der Waals surface area (Å²) in [6.07, 6.45) is 2.60. The van der Waals surface area contributed by atoms with Crippen LogP contribution in [0.5, 0.6) is 0 Å². The standard InChI is InChI=1S/C19H22N2O.ClH/c22-19(14-20-13-16-11-12-16)21(18-9-5-2-6-10-18)15-17-7-3-1-4-8-17;/h1-10,16,20H,11-15H2;1H. The number of anilines is 1. The second-order valence-electron chi connectivity index (χ2n) is 5.88. The highest BCUT2D eigenvalue weighted by Gasteiger charge is 2.22. The second kappa shape index (κ2) is 8.70. The van der Waals surface area contributed by atoms with E-state index in [0.717, 1.165) is 23.7 Å². The second-order valence-corrected chi connectivity index (χ2v) is 5.88. The number of hydrogen-bond acceptors (Lipinski definition) is 2. The number of hydrogen-bond donors (Lipinski definition) is 1. The van der Waals surface area contributed by atoms with E-state index in [-0.39, 0.29) is 18.3 Å². The molecule has 2 aromatic rings. The Balaban J connectivity index is 0.00000192. The van der Waals surface area contributed by atoms with Crippen LogP contribution in [0.2, 0.25) is 0 Å². The highest BCUT2D eigenvalue weighted by Crippen LogP contribution is 2.27. The molecule has 2 aromatic carbocycles. The molecule has 0 aliphatic heterocycles. The third-order valence-electron chi connectivity index (χ3n) is 3.96. The molecule has 23 heavy (non-hydrogen) atoms. The van der Waals surface area contributed by atoms with Gasteiger partial charge in [0, 0.05) is 5.69 Å². The molecule has 1 amide bonds. The first kappa shape index (κ1) is 17.5. The van der Waals surface area contributed by atoms with Gasteiger partial charge in [0.15, 0.2) is 0 Å². The lowest BCUT2D eigenvalue weighted by Gasteiger charge is -2.23. The summed E-state index contributed by atoms with van der Waals surface area (Å²) in [6, 6.07) is 20.0. The minimum Gasteiger partial charge on any atom is -0.308 e. The van der Waals surface area contributed by atoms with Crippen LogP contribution in [0.3, 0.4) is 0 Å². The molecule has 0 saturated heterocycles. The van der Waals surface area contributed by atoms with Crippen molar-refractivity contribution in [3.8, 4) is 0 Å². The number of para-hydroxylation sites is 1. The van der Waals surface area contributed by atoms with E-state index in [1.807, 2.05) is 53.4 Å². The number of amides is 1. The average molecular weight is 331 g/mol. The Morgan fingerprint density at radius 3 is 2.22 bits per heavy atom. The Bertz CT molecular complexity index is 599. The first-order chi connectivity index (χ1) is 10.8. The van der Waals surface area contributed by atoms with Crippen LogP contribution in [0.25, 0.3) is 0 Å². The maximum Gasteiger partial charge on any atom is 0.241 e. The van der Waals surface area contributed by atoms with Gasteiger partial charge in [-0.05, 0) is 43.0 Å². The lowest BCUT2D eigenvalue weighted by atomic mass is 10.2. The van der Waals surface area contributed by atoms with E-state index in [1.165, 1.54) is 12.8 Å². The molecule has 1 aliphatic rings. The van der Waals surface area contributed by atoms with E-state index >= 15 is 0 Å². The largest absolute Gasteiger partial charge is 0.308 e. The number of carbonyl (C=O) groups excluding carboxylic acids is 1. The van der Waals surface area contributed by atoms with Gasteiger partial charge >= 0.3 is 0 Å². The van der Waals surface area contributed by atoms with Crippen molar-refractivity contribution in [2.24, 2.45) is 5.92 Å². The summed E-state index contributed by atoms with van der Waals surface area (Å²) in [5.74, 6) is 0.905. The Morgan fingerprint density at radius 1 is 1.00 bits per heavy atom. The van der Waals surface area contributed by atoms with Crippen molar-refractivity contribution in [2.75, 3.05) is 18.0 Å². The predicted molar refractivity (Wildman–Crippen MR) is 96.9 cm³/mol. The van der Waals surface area contributed by atoms with Crippen molar-refractivity contribution in [3.63, 3.8) is 0 Å². The van der Waals surface area contributed by atoms with Gasteiger partial charge in [0.05, 0.1) is 13.1 Å². The van der Waals surface area contributed by atoms with E-state index in [1.54, 1.807) is 0 Å². The van der Waals surface area contributed by atoms with E-state index in [9.17, 15) is 4.79 Å². The molecule has 0 unspecified atom stereocenters. The van der Waals surface area contributed by atoms with E-state index in [4.69, 9.17) is 0 Å². The predicted octanol–water partition coefficient (Wildman–Crippen LogP) is 3.64. The molecule has 1 saturated carbocycles. The van der Waals surface area contributed by atoms with Crippen LogP contribution >= 0.6 is 12.4 Å². The van der Waals surface area contributed by atoms with Gasteiger partial charge in [0.25, 0.3) is 0 Å². The molecule has 1 N–H and O–H groups in total. The maximum absolute atomic E-state index is 12.6. The number of rotatable bonds is 7. The third-order valence-corrected chi connectivity index (χ3v) is 3.96. The maximum atomic E-state index is 12.6. The monoisotopic (exact) mass is 330 g/mol. The number of nitrogens with zero attached hydrogens (tertiary/aromatic N) is 1. The Morgan fingerprint density at radius 2 is 1.61 bits per heavy atom. The summed E-state index contributed by atoms with van der Waals surface area (Å²) in [5, 5.41) is 3.29. The van der Waals surface area contributed by atoms with Crippen molar-refractivity contribution in [2.45, 2.75) is 19.4 Å². The molecule has 1 fully saturated rings. The van der Waals surface area contributed by atoms with Crippen LogP contribution in [0, 0.1) is 5.92 Å². The fourth-order valence-corrected chi connectivity index (χ4v) is 2.50. The van der Waals surface area contributed by atoms with Crippen molar-refractivity contribution in [1.29, 1.82) is 0 Å². The molecular formula is C19H23ClN2O.